The van der Waals surface area contributed by atoms with Crippen molar-refractivity contribution in [2.24, 2.45) is 11.8 Å². The lowest BCUT2D eigenvalue weighted by Gasteiger charge is -2.17. The van der Waals surface area contributed by atoms with Gasteiger partial charge < -0.3 is 4.90 Å². The molecule has 1 aliphatic heterocycles. The van der Waals surface area contributed by atoms with E-state index in [1.807, 2.05) is 0 Å². The third-order valence-corrected chi connectivity index (χ3v) is 3.49. The van der Waals surface area contributed by atoms with Crippen molar-refractivity contribution in [1.29, 1.82) is 0 Å². The summed E-state index contributed by atoms with van der Waals surface area (Å²) in [4.78, 5) is 12.4. The van der Waals surface area contributed by atoms with Gasteiger partial charge in [0.1, 0.15) is 0 Å². The van der Waals surface area contributed by atoms with E-state index in [2.05, 4.69) is 12.2 Å². The Hall–Kier alpha value is -0.210. The number of rotatable bonds is 1. The van der Waals surface area contributed by atoms with Gasteiger partial charge in [0.15, 0.2) is 4.84 Å². The number of amides is 1. The predicted molar refractivity (Wildman–Crippen MR) is 57.4 cm³/mol. The molecule has 0 bridgehead atoms. The number of carbonyl (C=O) groups excluding carboxylic acids is 1. The Morgan fingerprint density at radius 2 is 1.71 bits per heavy atom. The standard InChI is InChI=1S/C10H13Cl2NO/c11-9(12)10(14)13-5-7-3-1-2-4-8(7)6-13/h1-2,7-9H,3-6H2. The van der Waals surface area contributed by atoms with Gasteiger partial charge in [-0.1, -0.05) is 35.4 Å². The Morgan fingerprint density at radius 1 is 1.21 bits per heavy atom. The van der Waals surface area contributed by atoms with Crippen LogP contribution in [-0.2, 0) is 4.79 Å². The average Bonchev–Trinajstić information content (AvgIpc) is 2.59. The van der Waals surface area contributed by atoms with Gasteiger partial charge in [-0.15, -0.1) is 0 Å². The van der Waals surface area contributed by atoms with Crippen LogP contribution in [0.15, 0.2) is 12.2 Å². The molecule has 2 aliphatic rings. The zero-order valence-electron chi connectivity index (χ0n) is 7.83. The van der Waals surface area contributed by atoms with Gasteiger partial charge >= 0.3 is 0 Å². The average molecular weight is 234 g/mol. The predicted octanol–water partition coefficient (Wildman–Crippen LogP) is 2.21. The molecular weight excluding hydrogens is 221 g/mol. The van der Waals surface area contributed by atoms with Crippen molar-refractivity contribution in [3.8, 4) is 0 Å². The molecular formula is C10H13Cl2NO. The number of nitrogens with zero attached hydrogens (tertiary/aromatic N) is 1. The maximum atomic E-state index is 11.5. The maximum absolute atomic E-state index is 11.5. The Bertz CT molecular complexity index is 249. The minimum atomic E-state index is -0.900. The van der Waals surface area contributed by atoms with Crippen LogP contribution in [0.25, 0.3) is 0 Å². The van der Waals surface area contributed by atoms with E-state index in [9.17, 15) is 4.79 Å². The van der Waals surface area contributed by atoms with Gasteiger partial charge in [0.25, 0.3) is 5.91 Å². The number of likely N-dealkylation sites (tertiary alicyclic amines) is 1. The Balaban J connectivity index is 1.98. The quantitative estimate of drug-likeness (QED) is 0.503. The second-order valence-electron chi connectivity index (χ2n) is 4.01. The first-order valence-corrected chi connectivity index (χ1v) is 5.77. The van der Waals surface area contributed by atoms with Gasteiger partial charge in [0.05, 0.1) is 0 Å². The molecule has 2 rings (SSSR count). The fourth-order valence-electron chi connectivity index (χ4n) is 2.33. The summed E-state index contributed by atoms with van der Waals surface area (Å²) in [6, 6.07) is 0. The molecule has 4 heteroatoms. The van der Waals surface area contributed by atoms with E-state index in [0.717, 1.165) is 25.9 Å². The van der Waals surface area contributed by atoms with Crippen molar-refractivity contribution in [3.05, 3.63) is 12.2 Å². The van der Waals surface area contributed by atoms with Gasteiger partial charge in [-0.25, -0.2) is 0 Å². The molecule has 1 saturated heterocycles. The van der Waals surface area contributed by atoms with E-state index in [1.165, 1.54) is 0 Å². The molecule has 2 atom stereocenters. The van der Waals surface area contributed by atoms with Crippen LogP contribution in [0.4, 0.5) is 0 Å². The summed E-state index contributed by atoms with van der Waals surface area (Å²) < 4.78 is 0. The number of alkyl halides is 2. The molecule has 14 heavy (non-hydrogen) atoms. The summed E-state index contributed by atoms with van der Waals surface area (Å²) >= 11 is 11.1. The molecule has 78 valence electrons. The first kappa shape index (κ1) is 10.3. The van der Waals surface area contributed by atoms with Crippen molar-refractivity contribution in [3.63, 3.8) is 0 Å². The van der Waals surface area contributed by atoms with Crippen molar-refractivity contribution in [1.82, 2.24) is 4.90 Å². The number of allylic oxidation sites excluding steroid dienone is 2. The Morgan fingerprint density at radius 3 is 2.14 bits per heavy atom. The van der Waals surface area contributed by atoms with Crippen LogP contribution in [0, 0.1) is 11.8 Å². The molecule has 1 heterocycles. The first-order valence-electron chi connectivity index (χ1n) is 4.90. The molecule has 1 fully saturated rings. The summed E-state index contributed by atoms with van der Waals surface area (Å²) in [5, 5.41) is 0. The van der Waals surface area contributed by atoms with Crippen LogP contribution in [0.5, 0.6) is 0 Å². The number of fused-ring (bicyclic) bond motifs is 1. The molecule has 2 nitrogen and oxygen atoms in total. The monoisotopic (exact) mass is 233 g/mol. The molecule has 0 aromatic carbocycles. The maximum Gasteiger partial charge on any atom is 0.255 e. The number of carbonyl (C=O) groups is 1. The first-order chi connectivity index (χ1) is 6.68. The molecule has 2 unspecified atom stereocenters. The molecule has 1 amide bonds. The molecule has 0 aromatic rings. The van der Waals surface area contributed by atoms with E-state index in [-0.39, 0.29) is 5.91 Å². The molecule has 0 aromatic heterocycles. The lowest BCUT2D eigenvalue weighted by atomic mass is 9.86. The molecule has 0 saturated carbocycles. The van der Waals surface area contributed by atoms with E-state index >= 15 is 0 Å². The van der Waals surface area contributed by atoms with E-state index in [1.54, 1.807) is 4.90 Å². The van der Waals surface area contributed by atoms with E-state index in [0.29, 0.717) is 11.8 Å². The smallest absolute Gasteiger partial charge is 0.255 e. The summed E-state index contributed by atoms with van der Waals surface area (Å²) in [6.45, 7) is 1.65. The van der Waals surface area contributed by atoms with Crippen LogP contribution < -0.4 is 0 Å². The number of hydrogen-bond acceptors (Lipinski definition) is 1. The van der Waals surface area contributed by atoms with Crippen molar-refractivity contribution in [2.45, 2.75) is 17.7 Å². The van der Waals surface area contributed by atoms with Crippen molar-refractivity contribution in [2.75, 3.05) is 13.1 Å². The minimum Gasteiger partial charge on any atom is -0.340 e. The third kappa shape index (κ3) is 1.91. The van der Waals surface area contributed by atoms with Crippen molar-refractivity contribution < 1.29 is 4.79 Å². The number of halogens is 2. The summed E-state index contributed by atoms with van der Waals surface area (Å²) in [5.41, 5.74) is 0. The highest BCUT2D eigenvalue weighted by Crippen LogP contribution is 2.33. The molecule has 0 radical (unpaired) electrons. The third-order valence-electron chi connectivity index (χ3n) is 3.12. The normalized spacial score (nSPS) is 30.9. The Labute approximate surface area is 93.9 Å². The SMILES string of the molecule is O=C(C(Cl)Cl)N1CC2CC=CCC2C1. The largest absolute Gasteiger partial charge is 0.340 e. The molecule has 0 spiro atoms. The van der Waals surface area contributed by atoms with Gasteiger partial charge in [-0.2, -0.15) is 0 Å². The van der Waals surface area contributed by atoms with E-state index < -0.39 is 4.84 Å². The van der Waals surface area contributed by atoms with Crippen LogP contribution in [-0.4, -0.2) is 28.7 Å². The van der Waals surface area contributed by atoms with Crippen LogP contribution in [0.1, 0.15) is 12.8 Å². The fourth-order valence-corrected chi connectivity index (χ4v) is 2.61. The summed E-state index contributed by atoms with van der Waals surface area (Å²) in [5.74, 6) is 1.11. The molecule has 0 N–H and O–H groups in total. The summed E-state index contributed by atoms with van der Waals surface area (Å²) in [6.07, 6.45) is 6.58. The van der Waals surface area contributed by atoms with Gasteiger partial charge in [-0.05, 0) is 24.7 Å². The van der Waals surface area contributed by atoms with Gasteiger partial charge in [0.2, 0.25) is 0 Å². The highest BCUT2D eigenvalue weighted by molar-refractivity contribution is 6.53. The molecule has 1 aliphatic carbocycles. The fraction of sp³-hybridized carbons (Fsp3) is 0.700. The highest BCUT2D eigenvalue weighted by Gasteiger charge is 2.36. The van der Waals surface area contributed by atoms with Gasteiger partial charge in [0, 0.05) is 13.1 Å². The Kier molecular flexibility index (Phi) is 3.03. The highest BCUT2D eigenvalue weighted by atomic mass is 35.5. The summed E-state index contributed by atoms with van der Waals surface area (Å²) in [7, 11) is 0. The zero-order valence-corrected chi connectivity index (χ0v) is 9.34. The van der Waals surface area contributed by atoms with Crippen LogP contribution >= 0.6 is 23.2 Å². The topological polar surface area (TPSA) is 20.3 Å². The lowest BCUT2D eigenvalue weighted by molar-refractivity contribution is -0.128. The van der Waals surface area contributed by atoms with Gasteiger partial charge in [-0.3, -0.25) is 4.79 Å². The second kappa shape index (κ2) is 4.11. The van der Waals surface area contributed by atoms with Crippen LogP contribution in [0.3, 0.4) is 0 Å². The second-order valence-corrected chi connectivity index (χ2v) is 5.10. The van der Waals surface area contributed by atoms with Crippen molar-refractivity contribution >= 4 is 29.1 Å². The lowest BCUT2D eigenvalue weighted by Crippen LogP contribution is -2.33. The zero-order chi connectivity index (χ0) is 10.1. The van der Waals surface area contributed by atoms with Crippen LogP contribution in [0.2, 0.25) is 0 Å². The minimum absolute atomic E-state index is 0.136. The number of hydrogen-bond donors (Lipinski definition) is 0. The van der Waals surface area contributed by atoms with E-state index in [4.69, 9.17) is 23.2 Å².